The Hall–Kier alpha value is -0.640. The van der Waals surface area contributed by atoms with Gasteiger partial charge in [-0.3, -0.25) is 5.43 Å². The molecular weight excluding hydrogens is 286 g/mol. The molecule has 0 aromatic carbocycles. The Morgan fingerprint density at radius 1 is 0.957 bits per heavy atom. The molecule has 4 aliphatic carbocycles. The van der Waals surface area contributed by atoms with Crippen molar-refractivity contribution in [2.45, 2.75) is 83.8 Å². The highest BCUT2D eigenvalue weighted by Crippen LogP contribution is 2.66. The molecule has 130 valence electrons. The second-order valence-electron chi connectivity index (χ2n) is 9.52. The molecule has 0 heterocycles. The van der Waals surface area contributed by atoms with Crippen LogP contribution < -0.4 is 10.6 Å². The fraction of sp³-hybridized carbons (Fsp3) is 1.00. The van der Waals surface area contributed by atoms with Gasteiger partial charge in [-0.25, -0.2) is 0 Å². The predicted octanol–water partition coefficient (Wildman–Crippen LogP) is 2.37. The van der Waals surface area contributed by atoms with Gasteiger partial charge in [-0.2, -0.15) is 10.8 Å². The van der Waals surface area contributed by atoms with Crippen molar-refractivity contribution in [2.75, 3.05) is 0 Å². The third-order valence-electron chi connectivity index (χ3n) is 8.88. The van der Waals surface area contributed by atoms with Crippen LogP contribution in [-0.2, 0) is 0 Å². The van der Waals surface area contributed by atoms with E-state index >= 15 is 0 Å². The van der Waals surface area contributed by atoms with Crippen LogP contribution in [0.2, 0.25) is 0 Å². The first kappa shape index (κ1) is 15.9. The molecule has 0 saturated heterocycles. The zero-order valence-electron chi connectivity index (χ0n) is 14.7. The molecule has 0 bridgehead atoms. The van der Waals surface area contributed by atoms with Gasteiger partial charge in [0.05, 0.1) is 6.10 Å². The molecule has 23 heavy (non-hydrogen) atoms. The van der Waals surface area contributed by atoms with Crippen LogP contribution in [0.25, 0.3) is 5.53 Å². The SMILES string of the molecule is C[C@]12CC[C@@H](N[NH+]=[N-])C[C@@H]1CC[C@H]1[C@H]3CC[C@@H](O)[C@@]3(C)CC[C@@H]12. The third-order valence-corrected chi connectivity index (χ3v) is 8.88. The molecule has 4 heteroatoms. The largest absolute Gasteiger partial charge is 0.393 e. The van der Waals surface area contributed by atoms with Crippen molar-refractivity contribution >= 4 is 0 Å². The van der Waals surface area contributed by atoms with Crippen LogP contribution in [-0.4, -0.2) is 17.3 Å². The van der Waals surface area contributed by atoms with E-state index in [0.29, 0.717) is 11.5 Å². The Morgan fingerprint density at radius 2 is 1.70 bits per heavy atom. The van der Waals surface area contributed by atoms with E-state index in [9.17, 15) is 5.11 Å². The molecule has 4 aliphatic rings. The number of aliphatic hydroxyl groups is 1. The Labute approximate surface area is 140 Å². The smallest absolute Gasteiger partial charge is 0.0596 e. The van der Waals surface area contributed by atoms with Crippen LogP contribution in [0, 0.1) is 34.5 Å². The molecular formula is C19H33N3O. The third kappa shape index (κ3) is 2.20. The highest BCUT2D eigenvalue weighted by molar-refractivity contribution is 5.09. The van der Waals surface area contributed by atoms with Gasteiger partial charge >= 0.3 is 0 Å². The van der Waals surface area contributed by atoms with Crippen molar-refractivity contribution in [1.29, 1.82) is 0 Å². The summed E-state index contributed by atoms with van der Waals surface area (Å²) in [6.07, 6.45) is 11.1. The Kier molecular flexibility index (Phi) is 3.75. The van der Waals surface area contributed by atoms with Crippen molar-refractivity contribution in [2.24, 2.45) is 34.5 Å². The molecule has 0 amide bonds. The summed E-state index contributed by atoms with van der Waals surface area (Å²) in [7, 11) is 0. The highest BCUT2D eigenvalue weighted by Gasteiger charge is 2.59. The number of aliphatic hydroxyl groups excluding tert-OH is 1. The number of nitrogens with zero attached hydrogens (tertiary/aromatic N) is 1. The van der Waals surface area contributed by atoms with E-state index < -0.39 is 0 Å². The topological polar surface area (TPSA) is 68.5 Å². The first-order valence-corrected chi connectivity index (χ1v) is 9.81. The maximum Gasteiger partial charge on any atom is 0.0596 e. The number of hydrogen-bond donors (Lipinski definition) is 3. The summed E-state index contributed by atoms with van der Waals surface area (Å²) in [5, 5.41) is 12.7. The quantitative estimate of drug-likeness (QED) is 0.540. The number of hydrogen-bond acceptors (Lipinski definition) is 1. The van der Waals surface area contributed by atoms with Gasteiger partial charge in [0, 0.05) is 6.04 Å². The minimum absolute atomic E-state index is 0.0606. The number of rotatable bonds is 2. The normalized spacial score (nSPS) is 55.4. The van der Waals surface area contributed by atoms with Crippen LogP contribution in [0.3, 0.4) is 0 Å². The van der Waals surface area contributed by atoms with Crippen molar-refractivity contribution in [3.8, 4) is 0 Å². The van der Waals surface area contributed by atoms with E-state index in [1.165, 1.54) is 44.9 Å². The average Bonchev–Trinajstić information content (AvgIpc) is 2.84. The second-order valence-corrected chi connectivity index (χ2v) is 9.52. The van der Waals surface area contributed by atoms with Gasteiger partial charge in [-0.1, -0.05) is 13.8 Å². The van der Waals surface area contributed by atoms with Gasteiger partial charge in [-0.05, 0) is 92.3 Å². The molecule has 4 rings (SSSR count). The van der Waals surface area contributed by atoms with Crippen LogP contribution in [0.1, 0.15) is 71.6 Å². The molecule has 4 fully saturated rings. The van der Waals surface area contributed by atoms with E-state index in [-0.39, 0.29) is 11.5 Å². The lowest BCUT2D eigenvalue weighted by atomic mass is 9.45. The van der Waals surface area contributed by atoms with Crippen LogP contribution in [0.4, 0.5) is 0 Å². The zero-order valence-corrected chi connectivity index (χ0v) is 14.7. The average molecular weight is 319 g/mol. The maximum absolute atomic E-state index is 10.5. The molecule has 0 aromatic heterocycles. The number of fused-ring (bicyclic) bond motifs is 5. The summed E-state index contributed by atoms with van der Waals surface area (Å²) in [4.78, 5) is 0. The molecule has 0 aliphatic heterocycles. The van der Waals surface area contributed by atoms with Gasteiger partial charge < -0.3 is 5.11 Å². The van der Waals surface area contributed by atoms with Crippen LogP contribution in [0.5, 0.6) is 0 Å². The van der Waals surface area contributed by atoms with E-state index in [1.807, 2.05) is 0 Å². The lowest BCUT2D eigenvalue weighted by Gasteiger charge is -2.61. The summed E-state index contributed by atoms with van der Waals surface area (Å²) < 4.78 is 0. The minimum Gasteiger partial charge on any atom is -0.393 e. The highest BCUT2D eigenvalue weighted by atomic mass is 16.3. The Morgan fingerprint density at radius 3 is 2.48 bits per heavy atom. The summed E-state index contributed by atoms with van der Waals surface area (Å²) >= 11 is 0. The van der Waals surface area contributed by atoms with Crippen molar-refractivity contribution < 1.29 is 10.3 Å². The lowest BCUT2D eigenvalue weighted by molar-refractivity contribution is -0.557. The lowest BCUT2D eigenvalue weighted by Crippen LogP contribution is -2.78. The Balaban J connectivity index is 1.56. The molecule has 8 atom stereocenters. The van der Waals surface area contributed by atoms with Gasteiger partial charge in [0.1, 0.15) is 0 Å². The van der Waals surface area contributed by atoms with Crippen molar-refractivity contribution in [3.63, 3.8) is 0 Å². The fourth-order valence-corrected chi connectivity index (χ4v) is 7.45. The second kappa shape index (κ2) is 5.44. The van der Waals surface area contributed by atoms with E-state index in [0.717, 1.165) is 36.5 Å². The summed E-state index contributed by atoms with van der Waals surface area (Å²) in [6.45, 7) is 4.93. The van der Waals surface area contributed by atoms with Gasteiger partial charge in [0.15, 0.2) is 0 Å². The standard InChI is InChI=1S/C19H33N3O/c1-18-9-7-13(21-22-20)11-12(18)3-4-14-15-5-6-17(23)19(15,2)10-8-16(14)18/h12-17,22-23H,3-11H2,1-2H3,(H-,20,21)/t12-,13+,14-,15+,16-,17+,18-,19-/m0/s1. The molecule has 0 radical (unpaired) electrons. The molecule has 3 N–H and O–H groups in total. The van der Waals surface area contributed by atoms with E-state index in [4.69, 9.17) is 5.53 Å². The Bertz CT molecular complexity index is 483. The summed E-state index contributed by atoms with van der Waals surface area (Å²) in [6, 6.07) is 0.414. The fourth-order valence-electron chi connectivity index (χ4n) is 7.45. The van der Waals surface area contributed by atoms with Gasteiger partial charge in [0.25, 0.3) is 0 Å². The molecule has 4 nitrogen and oxygen atoms in total. The van der Waals surface area contributed by atoms with Crippen molar-refractivity contribution in [1.82, 2.24) is 5.43 Å². The van der Waals surface area contributed by atoms with E-state index in [2.05, 4.69) is 24.5 Å². The molecule has 0 aromatic rings. The van der Waals surface area contributed by atoms with Crippen molar-refractivity contribution in [3.05, 3.63) is 5.53 Å². The maximum atomic E-state index is 10.5. The van der Waals surface area contributed by atoms with Gasteiger partial charge in [-0.15, -0.1) is 0 Å². The monoisotopic (exact) mass is 319 g/mol. The van der Waals surface area contributed by atoms with Crippen LogP contribution in [0.15, 0.2) is 0 Å². The molecule has 4 saturated carbocycles. The number of nitrogens with one attached hydrogen (secondary N) is 2. The van der Waals surface area contributed by atoms with Crippen LogP contribution >= 0.6 is 0 Å². The number of hydrazine groups is 1. The summed E-state index contributed by atoms with van der Waals surface area (Å²) in [5.41, 5.74) is 12.6. The molecule has 0 unspecified atom stereocenters. The first-order valence-electron chi connectivity index (χ1n) is 9.81. The van der Waals surface area contributed by atoms with Gasteiger partial charge in [0.2, 0.25) is 0 Å². The minimum atomic E-state index is -0.0606. The molecule has 0 spiro atoms. The predicted molar refractivity (Wildman–Crippen MR) is 89.0 cm³/mol. The zero-order chi connectivity index (χ0) is 16.2. The van der Waals surface area contributed by atoms with E-state index in [1.54, 1.807) is 0 Å². The summed E-state index contributed by atoms with van der Waals surface area (Å²) in [5.74, 6) is 3.24. The first-order chi connectivity index (χ1) is 11.0.